The summed E-state index contributed by atoms with van der Waals surface area (Å²) in [6.07, 6.45) is 9.62. The molecular weight excluding hydrogens is 1000 g/mol. The number of anilines is 2. The summed E-state index contributed by atoms with van der Waals surface area (Å²) in [5.41, 5.74) is 15.2. The van der Waals surface area contributed by atoms with Gasteiger partial charge in [0.15, 0.2) is 11.6 Å². The topological polar surface area (TPSA) is 215 Å². The number of aromatic nitrogens is 8. The molecular formula is C64H62N12O4. The van der Waals surface area contributed by atoms with Crippen molar-refractivity contribution in [3.63, 3.8) is 0 Å². The molecule has 5 aromatic carbocycles. The van der Waals surface area contributed by atoms with Crippen molar-refractivity contribution < 1.29 is 19.8 Å². The molecule has 16 rings (SSSR count). The zero-order valence-corrected chi connectivity index (χ0v) is 42.6. The van der Waals surface area contributed by atoms with Crippen molar-refractivity contribution in [3.05, 3.63) is 192 Å². The molecule has 402 valence electrons. The summed E-state index contributed by atoms with van der Waals surface area (Å²) in [4.78, 5) is 49.1. The molecule has 0 saturated heterocycles. The van der Waals surface area contributed by atoms with Gasteiger partial charge in [0.2, 0.25) is 0 Å². The molecule has 4 aliphatic carbocycles. The van der Waals surface area contributed by atoms with E-state index in [0.717, 1.165) is 105 Å². The highest BCUT2D eigenvalue weighted by Gasteiger charge is 2.66. The highest BCUT2D eigenvalue weighted by atomic mass is 16.3. The van der Waals surface area contributed by atoms with Gasteiger partial charge in [-0.25, -0.2) is 19.9 Å². The minimum absolute atomic E-state index is 0. The fraction of sp³-hybridized carbons (Fsp3) is 0.281. The highest BCUT2D eigenvalue weighted by Crippen LogP contribution is 2.62. The Balaban J connectivity index is 0.000000152. The smallest absolute Gasteiger partial charge is 0.262 e. The van der Waals surface area contributed by atoms with Crippen molar-refractivity contribution in [1.29, 1.82) is 0 Å². The zero-order valence-electron chi connectivity index (χ0n) is 42.6. The summed E-state index contributed by atoms with van der Waals surface area (Å²) in [5.74, 6) is 3.24. The molecule has 4 saturated carbocycles. The first-order valence-corrected chi connectivity index (χ1v) is 26.9. The Morgan fingerprint density at radius 2 is 0.863 bits per heavy atom. The van der Waals surface area contributed by atoms with E-state index in [4.69, 9.17) is 25.7 Å². The van der Waals surface area contributed by atoms with Crippen molar-refractivity contribution in [2.75, 3.05) is 10.6 Å². The Labute approximate surface area is 463 Å². The van der Waals surface area contributed by atoms with E-state index in [1.54, 1.807) is 46.0 Å². The standard InChI is InChI=1S/C35H28N6O3.C27H26N6O.2CH4/c42-32-25-8-4-5-9-26(25)33(43)40(32)34(19-35(44,20-34)24-14-15-24)23-12-10-22(11-13-23)30-29(21-6-2-1-3-7-21)38-27-18-36-28-16-17-37-41(28)31(27)39-30;28-26(15-27(34,16-26)20-10-11-20)19-8-6-18(7-9-19)24-23(17-4-2-1-3-5-17)31-21-14-29-22-12-13-30-33(22)25(21)32-24;;/h1-13,16-17,24,36,44H,14-15,18-20H2;1-9,12-13,20,29,34H,10-11,14-16,28H2;2*1H4. The number of hydrogen-bond donors (Lipinski definition) is 5. The van der Waals surface area contributed by atoms with Gasteiger partial charge >= 0.3 is 0 Å². The lowest BCUT2D eigenvalue weighted by atomic mass is 9.58. The third kappa shape index (κ3) is 8.06. The molecule has 0 radical (unpaired) electrons. The van der Waals surface area contributed by atoms with Crippen LogP contribution in [0.5, 0.6) is 0 Å². The lowest BCUT2D eigenvalue weighted by Gasteiger charge is -2.57. The van der Waals surface area contributed by atoms with Gasteiger partial charge in [-0.1, -0.05) is 136 Å². The summed E-state index contributed by atoms with van der Waals surface area (Å²) >= 11 is 0. The van der Waals surface area contributed by atoms with E-state index < -0.39 is 22.3 Å². The molecule has 2 amide bonds. The molecule has 0 spiro atoms. The van der Waals surface area contributed by atoms with Crippen LogP contribution in [0.25, 0.3) is 56.7 Å². The molecule has 9 aromatic rings. The van der Waals surface area contributed by atoms with Crippen LogP contribution in [0.1, 0.15) is 109 Å². The van der Waals surface area contributed by atoms with Crippen molar-refractivity contribution in [2.24, 2.45) is 17.6 Å². The molecule has 0 atom stereocenters. The van der Waals surface area contributed by atoms with Crippen LogP contribution in [0.2, 0.25) is 0 Å². The van der Waals surface area contributed by atoms with Crippen LogP contribution < -0.4 is 16.4 Å². The van der Waals surface area contributed by atoms with E-state index >= 15 is 0 Å². The Bertz CT molecular complexity index is 3840. The van der Waals surface area contributed by atoms with Crippen LogP contribution in [0.15, 0.2) is 158 Å². The number of fused-ring (bicyclic) bond motifs is 7. The number of benzene rings is 5. The van der Waals surface area contributed by atoms with E-state index in [2.05, 4.69) is 57.2 Å². The maximum Gasteiger partial charge on any atom is 0.262 e. The minimum atomic E-state index is -0.928. The third-order valence-corrected chi connectivity index (χ3v) is 17.3. The average Bonchev–Trinajstić information content (AvgIpc) is 4.53. The van der Waals surface area contributed by atoms with E-state index in [0.29, 0.717) is 67.3 Å². The summed E-state index contributed by atoms with van der Waals surface area (Å²) in [5, 5.41) is 37.9. The van der Waals surface area contributed by atoms with Gasteiger partial charge in [0.05, 0.1) is 76.1 Å². The van der Waals surface area contributed by atoms with Crippen LogP contribution in [0.4, 0.5) is 11.6 Å². The van der Waals surface area contributed by atoms with Gasteiger partial charge in [-0.05, 0) is 73.6 Å². The minimum Gasteiger partial charge on any atom is -0.389 e. The van der Waals surface area contributed by atoms with Crippen LogP contribution in [-0.2, 0) is 24.2 Å². The van der Waals surface area contributed by atoms with Crippen molar-refractivity contribution in [3.8, 4) is 56.7 Å². The largest absolute Gasteiger partial charge is 0.389 e. The zero-order chi connectivity index (χ0) is 52.5. The first kappa shape index (κ1) is 50.8. The van der Waals surface area contributed by atoms with E-state index in [1.165, 1.54) is 4.90 Å². The number of hydrogen-bond acceptors (Lipinski definition) is 13. The maximum atomic E-state index is 13.7. The number of carbonyl (C=O) groups excluding carboxylic acids is 2. The lowest BCUT2D eigenvalue weighted by Crippen LogP contribution is -2.65. The van der Waals surface area contributed by atoms with Gasteiger partial charge in [0.1, 0.15) is 23.0 Å². The number of nitrogens with two attached hydrogens (primary N) is 1. The summed E-state index contributed by atoms with van der Waals surface area (Å²) in [7, 11) is 0. The second-order valence-corrected chi connectivity index (χ2v) is 22.4. The Morgan fingerprint density at radius 1 is 0.475 bits per heavy atom. The van der Waals surface area contributed by atoms with E-state index in [9.17, 15) is 19.8 Å². The molecule has 16 heteroatoms. The molecule has 6 N–H and O–H groups in total. The molecule has 16 nitrogen and oxygen atoms in total. The van der Waals surface area contributed by atoms with Crippen LogP contribution >= 0.6 is 0 Å². The van der Waals surface area contributed by atoms with Crippen molar-refractivity contribution >= 4 is 23.5 Å². The number of nitrogens with one attached hydrogen (secondary N) is 2. The maximum absolute atomic E-state index is 13.7. The summed E-state index contributed by atoms with van der Waals surface area (Å²) in [6, 6.07) is 47.2. The lowest BCUT2D eigenvalue weighted by molar-refractivity contribution is -0.143. The third-order valence-electron chi connectivity index (χ3n) is 17.3. The molecule has 4 aromatic heterocycles. The number of aliphatic hydroxyl groups is 2. The normalized spacial score (nSPS) is 23.6. The van der Waals surface area contributed by atoms with Gasteiger partial charge in [-0.2, -0.15) is 19.6 Å². The number of carbonyl (C=O) groups is 2. The number of imide groups is 1. The Morgan fingerprint density at radius 3 is 1.30 bits per heavy atom. The number of rotatable bonds is 9. The second-order valence-electron chi connectivity index (χ2n) is 22.4. The van der Waals surface area contributed by atoms with E-state index in [1.807, 2.05) is 84.9 Å². The number of nitrogens with zero attached hydrogens (tertiary/aromatic N) is 9. The van der Waals surface area contributed by atoms with Crippen molar-refractivity contribution in [1.82, 2.24) is 44.4 Å². The Hall–Kier alpha value is -8.70. The molecule has 0 unspecified atom stereocenters. The average molecular weight is 1060 g/mol. The quantitative estimate of drug-likeness (QED) is 0.0852. The highest BCUT2D eigenvalue weighted by molar-refractivity contribution is 6.22. The molecule has 7 aliphatic rings. The van der Waals surface area contributed by atoms with Gasteiger partial charge in [-0.3, -0.25) is 14.5 Å². The molecule has 0 bridgehead atoms. The van der Waals surface area contributed by atoms with Crippen LogP contribution in [-0.4, -0.2) is 77.6 Å². The summed E-state index contributed by atoms with van der Waals surface area (Å²) < 4.78 is 3.57. The predicted molar refractivity (Wildman–Crippen MR) is 306 cm³/mol. The molecule has 80 heavy (non-hydrogen) atoms. The van der Waals surface area contributed by atoms with Crippen LogP contribution in [0.3, 0.4) is 0 Å². The van der Waals surface area contributed by atoms with Gasteiger partial charge < -0.3 is 26.6 Å². The van der Waals surface area contributed by atoms with E-state index in [-0.39, 0.29) is 32.6 Å². The first-order valence-electron chi connectivity index (χ1n) is 26.9. The molecule has 3 aliphatic heterocycles. The van der Waals surface area contributed by atoms with Crippen LogP contribution in [0, 0.1) is 11.8 Å². The number of amides is 2. The Kier molecular flexibility index (Phi) is 11.9. The second kappa shape index (κ2) is 18.7. The predicted octanol–water partition coefficient (Wildman–Crippen LogP) is 10.6. The monoisotopic (exact) mass is 1060 g/mol. The fourth-order valence-corrected chi connectivity index (χ4v) is 13.0. The van der Waals surface area contributed by atoms with Gasteiger partial charge in [0.25, 0.3) is 11.8 Å². The summed E-state index contributed by atoms with van der Waals surface area (Å²) in [6.45, 7) is 1.15. The van der Waals surface area contributed by atoms with Gasteiger partial charge in [0, 0.05) is 52.8 Å². The molecule has 4 fully saturated rings. The fourth-order valence-electron chi connectivity index (χ4n) is 13.0. The SMILES string of the molecule is C.C.NC1(c2ccc(-c3nc4c(nc3-c3ccccc3)CNc3ccnn3-4)cc2)CC(O)(C2CC2)C1.O=C1c2ccccc2C(=O)N1C1(c2ccc(-c3nc4c(nc3-c3ccccc3)CNc3ccnn3-4)cc2)CC(O)(C2CC2)C1. The van der Waals surface area contributed by atoms with Crippen molar-refractivity contribution in [2.45, 2.75) is 102 Å². The van der Waals surface area contributed by atoms with Gasteiger partial charge in [-0.15, -0.1) is 0 Å². The first-order chi connectivity index (χ1) is 38.0. The molecule has 7 heterocycles.